The molecule has 0 spiro atoms. The maximum absolute atomic E-state index is 11.0. The number of hydrogen-bond donors (Lipinski definition) is 2. The van der Waals surface area contributed by atoms with Gasteiger partial charge in [-0.1, -0.05) is 6.07 Å². The van der Waals surface area contributed by atoms with Gasteiger partial charge in [-0.15, -0.1) is 0 Å². The summed E-state index contributed by atoms with van der Waals surface area (Å²) in [6.45, 7) is 3.03. The summed E-state index contributed by atoms with van der Waals surface area (Å²) in [5, 5.41) is 16.2. The van der Waals surface area contributed by atoms with Gasteiger partial charge in [0, 0.05) is 26.3 Å². The van der Waals surface area contributed by atoms with Gasteiger partial charge in [0.2, 0.25) is 0 Å². The average molecular weight is 260 g/mol. The molecule has 2 heterocycles. The molecule has 0 aliphatic carbocycles. The lowest BCUT2D eigenvalue weighted by molar-refractivity contribution is 0.0695. The first-order valence-corrected chi connectivity index (χ1v) is 5.95. The van der Waals surface area contributed by atoms with Crippen molar-refractivity contribution in [1.29, 1.82) is 0 Å². The highest BCUT2D eigenvalue weighted by Gasteiger charge is 2.14. The van der Waals surface area contributed by atoms with Crippen LogP contribution in [-0.2, 0) is 20.1 Å². The lowest BCUT2D eigenvalue weighted by atomic mass is 10.2. The zero-order valence-electron chi connectivity index (χ0n) is 10.9. The number of carboxylic acids is 1. The Kier molecular flexibility index (Phi) is 3.91. The van der Waals surface area contributed by atoms with Crippen LogP contribution in [0.1, 0.15) is 27.3 Å². The molecule has 0 saturated heterocycles. The smallest absolute Gasteiger partial charge is 0.339 e. The van der Waals surface area contributed by atoms with Gasteiger partial charge in [-0.25, -0.2) is 4.79 Å². The summed E-state index contributed by atoms with van der Waals surface area (Å²) in [7, 11) is 1.73. The fourth-order valence-electron chi connectivity index (χ4n) is 1.85. The summed E-state index contributed by atoms with van der Waals surface area (Å²) in [6, 6.07) is 3.89. The van der Waals surface area contributed by atoms with Crippen LogP contribution in [0.25, 0.3) is 0 Å². The molecular weight excluding hydrogens is 244 g/mol. The maximum atomic E-state index is 11.0. The standard InChI is InChI=1S/C13H16N4O2/c1-9-4-3-5-15-11(9)7-14-8-12-10(13(18)19)6-16-17(12)2/h3-6,14H,7-8H2,1-2H3,(H,18,19). The van der Waals surface area contributed by atoms with Crippen LogP contribution in [0, 0.1) is 6.92 Å². The number of aromatic carboxylic acids is 1. The molecule has 0 saturated carbocycles. The van der Waals surface area contributed by atoms with E-state index in [-0.39, 0.29) is 5.56 Å². The molecule has 0 fully saturated rings. The number of aromatic nitrogens is 3. The Morgan fingerprint density at radius 2 is 2.26 bits per heavy atom. The van der Waals surface area contributed by atoms with E-state index in [0.29, 0.717) is 18.8 Å². The van der Waals surface area contributed by atoms with E-state index in [4.69, 9.17) is 5.11 Å². The molecule has 0 atom stereocenters. The third-order valence-electron chi connectivity index (χ3n) is 2.99. The fourth-order valence-corrected chi connectivity index (χ4v) is 1.85. The van der Waals surface area contributed by atoms with E-state index >= 15 is 0 Å². The van der Waals surface area contributed by atoms with Crippen LogP contribution in [0.15, 0.2) is 24.5 Å². The van der Waals surface area contributed by atoms with Crippen molar-refractivity contribution in [2.45, 2.75) is 20.0 Å². The molecular formula is C13H16N4O2. The molecule has 19 heavy (non-hydrogen) atoms. The van der Waals surface area contributed by atoms with Gasteiger partial charge in [-0.3, -0.25) is 9.67 Å². The van der Waals surface area contributed by atoms with Gasteiger partial charge in [0.25, 0.3) is 0 Å². The molecule has 2 N–H and O–H groups in total. The van der Waals surface area contributed by atoms with Crippen molar-refractivity contribution in [3.8, 4) is 0 Å². The fraction of sp³-hybridized carbons (Fsp3) is 0.308. The summed E-state index contributed by atoms with van der Waals surface area (Å²) < 4.78 is 1.57. The van der Waals surface area contributed by atoms with Crippen molar-refractivity contribution < 1.29 is 9.90 Å². The number of aryl methyl sites for hydroxylation is 2. The zero-order valence-corrected chi connectivity index (χ0v) is 10.9. The third-order valence-corrected chi connectivity index (χ3v) is 2.99. The van der Waals surface area contributed by atoms with Crippen molar-refractivity contribution in [2.75, 3.05) is 0 Å². The topological polar surface area (TPSA) is 80.0 Å². The first-order chi connectivity index (χ1) is 9.09. The average Bonchev–Trinajstić information content (AvgIpc) is 2.74. The number of carboxylic acid groups (broad SMARTS) is 1. The van der Waals surface area contributed by atoms with Crippen molar-refractivity contribution in [1.82, 2.24) is 20.1 Å². The number of carbonyl (C=O) groups is 1. The monoisotopic (exact) mass is 260 g/mol. The summed E-state index contributed by atoms with van der Waals surface area (Å²) >= 11 is 0. The molecule has 6 heteroatoms. The molecule has 0 unspecified atom stereocenters. The second-order valence-electron chi connectivity index (χ2n) is 4.30. The third kappa shape index (κ3) is 2.97. The van der Waals surface area contributed by atoms with Crippen molar-refractivity contribution >= 4 is 5.97 Å². The first-order valence-electron chi connectivity index (χ1n) is 5.95. The quantitative estimate of drug-likeness (QED) is 0.841. The number of nitrogens with one attached hydrogen (secondary N) is 1. The Morgan fingerprint density at radius 3 is 2.95 bits per heavy atom. The Balaban J connectivity index is 2.02. The van der Waals surface area contributed by atoms with E-state index in [9.17, 15) is 4.79 Å². The number of nitrogens with zero attached hydrogens (tertiary/aromatic N) is 3. The van der Waals surface area contributed by atoms with Gasteiger partial charge in [-0.2, -0.15) is 5.10 Å². The van der Waals surface area contributed by atoms with Crippen molar-refractivity contribution in [2.24, 2.45) is 7.05 Å². The van der Waals surface area contributed by atoms with E-state index in [0.717, 1.165) is 11.3 Å². The van der Waals surface area contributed by atoms with Gasteiger partial charge >= 0.3 is 5.97 Å². The van der Waals surface area contributed by atoms with Crippen LogP contribution < -0.4 is 5.32 Å². The molecule has 0 radical (unpaired) electrons. The van der Waals surface area contributed by atoms with Gasteiger partial charge in [0.1, 0.15) is 5.56 Å². The van der Waals surface area contributed by atoms with Crippen LogP contribution in [0.3, 0.4) is 0 Å². The highest BCUT2D eigenvalue weighted by Crippen LogP contribution is 2.08. The minimum atomic E-state index is -0.959. The maximum Gasteiger partial charge on any atom is 0.339 e. The van der Waals surface area contributed by atoms with E-state index < -0.39 is 5.97 Å². The van der Waals surface area contributed by atoms with Crippen molar-refractivity contribution in [3.63, 3.8) is 0 Å². The molecule has 0 aliphatic heterocycles. The SMILES string of the molecule is Cc1cccnc1CNCc1c(C(=O)O)cnn1C. The van der Waals surface area contributed by atoms with Crippen LogP contribution in [0.2, 0.25) is 0 Å². The summed E-state index contributed by atoms with van der Waals surface area (Å²) in [6.07, 6.45) is 3.11. The Morgan fingerprint density at radius 1 is 1.47 bits per heavy atom. The van der Waals surface area contributed by atoms with E-state index in [1.165, 1.54) is 6.20 Å². The summed E-state index contributed by atoms with van der Waals surface area (Å²) in [5.41, 5.74) is 2.95. The van der Waals surface area contributed by atoms with Gasteiger partial charge in [0.15, 0.2) is 0 Å². The van der Waals surface area contributed by atoms with Gasteiger partial charge in [-0.05, 0) is 18.6 Å². The van der Waals surface area contributed by atoms with Crippen molar-refractivity contribution in [3.05, 3.63) is 47.0 Å². The summed E-state index contributed by atoms with van der Waals surface area (Å²) in [4.78, 5) is 15.3. The Bertz CT molecular complexity index is 592. The van der Waals surface area contributed by atoms with E-state index in [2.05, 4.69) is 15.4 Å². The largest absolute Gasteiger partial charge is 0.478 e. The molecule has 0 aromatic carbocycles. The summed E-state index contributed by atoms with van der Waals surface area (Å²) in [5.74, 6) is -0.959. The Labute approximate surface area is 111 Å². The lowest BCUT2D eigenvalue weighted by Crippen LogP contribution is -2.18. The number of hydrogen-bond acceptors (Lipinski definition) is 4. The van der Waals surface area contributed by atoms with Gasteiger partial charge < -0.3 is 10.4 Å². The van der Waals surface area contributed by atoms with Crippen LogP contribution in [0.5, 0.6) is 0 Å². The molecule has 2 aromatic heterocycles. The molecule has 0 aliphatic rings. The number of pyridine rings is 1. The minimum Gasteiger partial charge on any atom is -0.478 e. The Hall–Kier alpha value is -2.21. The van der Waals surface area contributed by atoms with Crippen LogP contribution in [0.4, 0.5) is 0 Å². The van der Waals surface area contributed by atoms with Crippen LogP contribution in [-0.4, -0.2) is 25.8 Å². The minimum absolute atomic E-state index is 0.229. The van der Waals surface area contributed by atoms with Crippen LogP contribution >= 0.6 is 0 Å². The predicted molar refractivity (Wildman–Crippen MR) is 69.7 cm³/mol. The molecule has 0 amide bonds. The molecule has 100 valence electrons. The molecule has 2 rings (SSSR count). The van der Waals surface area contributed by atoms with E-state index in [1.807, 2.05) is 19.1 Å². The highest BCUT2D eigenvalue weighted by molar-refractivity contribution is 5.88. The second kappa shape index (κ2) is 5.62. The molecule has 2 aromatic rings. The predicted octanol–water partition coefficient (Wildman–Crippen LogP) is 1.11. The van der Waals surface area contributed by atoms with E-state index in [1.54, 1.807) is 17.9 Å². The first kappa shape index (κ1) is 13.2. The lowest BCUT2D eigenvalue weighted by Gasteiger charge is -2.08. The molecule has 0 bridgehead atoms. The normalized spacial score (nSPS) is 10.6. The second-order valence-corrected chi connectivity index (χ2v) is 4.30. The zero-order chi connectivity index (χ0) is 13.8. The highest BCUT2D eigenvalue weighted by atomic mass is 16.4. The molecule has 6 nitrogen and oxygen atoms in total. The van der Waals surface area contributed by atoms with Gasteiger partial charge in [0.05, 0.1) is 17.6 Å². The number of rotatable bonds is 5.